The topological polar surface area (TPSA) is 113 Å². The van der Waals surface area contributed by atoms with E-state index in [2.05, 4.69) is 0 Å². The smallest absolute Gasteiger partial charge is 0.338 e. The molecule has 0 bridgehead atoms. The Hall–Kier alpha value is -2.44. The van der Waals surface area contributed by atoms with Crippen molar-refractivity contribution < 1.29 is 19.2 Å². The van der Waals surface area contributed by atoms with Gasteiger partial charge in [-0.2, -0.15) is 0 Å². The SMILES string of the molecule is CC(CCCCCCCCC(N)=O)OC(=O)c1ccc([N+](=O)[O-])cc1. The third-order valence-electron chi connectivity index (χ3n) is 3.91. The van der Waals surface area contributed by atoms with E-state index in [-0.39, 0.29) is 17.7 Å². The number of ether oxygens (including phenoxy) is 1. The number of carbonyl (C=O) groups is 2. The second kappa shape index (κ2) is 11.2. The van der Waals surface area contributed by atoms with Gasteiger partial charge < -0.3 is 10.5 Å². The fraction of sp³-hybridized carbons (Fsp3) is 0.556. The van der Waals surface area contributed by atoms with Gasteiger partial charge >= 0.3 is 5.97 Å². The molecule has 138 valence electrons. The van der Waals surface area contributed by atoms with Crippen LogP contribution >= 0.6 is 0 Å². The van der Waals surface area contributed by atoms with Gasteiger partial charge in [0.2, 0.25) is 5.91 Å². The van der Waals surface area contributed by atoms with Crippen LogP contribution in [0.5, 0.6) is 0 Å². The lowest BCUT2D eigenvalue weighted by atomic mass is 10.1. The second-order valence-corrected chi connectivity index (χ2v) is 6.15. The summed E-state index contributed by atoms with van der Waals surface area (Å²) >= 11 is 0. The molecule has 1 aromatic carbocycles. The highest BCUT2D eigenvalue weighted by atomic mass is 16.6. The largest absolute Gasteiger partial charge is 0.459 e. The molecule has 1 unspecified atom stereocenters. The minimum absolute atomic E-state index is 0.0552. The molecule has 0 radical (unpaired) electrons. The lowest BCUT2D eigenvalue weighted by molar-refractivity contribution is -0.384. The molecule has 0 aliphatic heterocycles. The van der Waals surface area contributed by atoms with Crippen LogP contribution in [0.4, 0.5) is 5.69 Å². The van der Waals surface area contributed by atoms with Gasteiger partial charge in [0.05, 0.1) is 16.6 Å². The van der Waals surface area contributed by atoms with Crippen LogP contribution in [0.2, 0.25) is 0 Å². The van der Waals surface area contributed by atoms with Crippen molar-refractivity contribution in [1.29, 1.82) is 0 Å². The van der Waals surface area contributed by atoms with E-state index in [0.717, 1.165) is 44.9 Å². The van der Waals surface area contributed by atoms with Crippen molar-refractivity contribution in [2.24, 2.45) is 5.73 Å². The average Bonchev–Trinajstić information content (AvgIpc) is 2.57. The molecule has 1 atom stereocenters. The van der Waals surface area contributed by atoms with Crippen LogP contribution in [0.1, 0.15) is 68.6 Å². The van der Waals surface area contributed by atoms with E-state index >= 15 is 0 Å². The lowest BCUT2D eigenvalue weighted by Crippen LogP contribution is -2.15. The molecule has 0 fully saturated rings. The Morgan fingerprint density at radius 2 is 1.64 bits per heavy atom. The van der Waals surface area contributed by atoms with Crippen molar-refractivity contribution in [3.05, 3.63) is 39.9 Å². The number of nitrogens with two attached hydrogens (primary N) is 1. The number of rotatable bonds is 12. The summed E-state index contributed by atoms with van der Waals surface area (Å²) in [6.07, 6.45) is 7.06. The number of amides is 1. The van der Waals surface area contributed by atoms with Crippen molar-refractivity contribution >= 4 is 17.6 Å². The van der Waals surface area contributed by atoms with Crippen LogP contribution in [-0.4, -0.2) is 22.9 Å². The van der Waals surface area contributed by atoms with Gasteiger partial charge in [0.1, 0.15) is 0 Å². The Balaban J connectivity index is 2.17. The van der Waals surface area contributed by atoms with Crippen molar-refractivity contribution in [3.63, 3.8) is 0 Å². The predicted molar refractivity (Wildman–Crippen MR) is 94.1 cm³/mol. The zero-order chi connectivity index (χ0) is 18.7. The van der Waals surface area contributed by atoms with Crippen LogP contribution in [0.15, 0.2) is 24.3 Å². The Morgan fingerprint density at radius 3 is 2.20 bits per heavy atom. The lowest BCUT2D eigenvalue weighted by Gasteiger charge is -2.13. The summed E-state index contributed by atoms with van der Waals surface area (Å²) in [7, 11) is 0. The molecular formula is C18H26N2O5. The highest BCUT2D eigenvalue weighted by Crippen LogP contribution is 2.15. The first kappa shape index (κ1) is 20.6. The number of non-ortho nitro benzene ring substituents is 1. The summed E-state index contributed by atoms with van der Waals surface area (Å²) in [6, 6.07) is 5.39. The van der Waals surface area contributed by atoms with Crippen molar-refractivity contribution in [1.82, 2.24) is 0 Å². The van der Waals surface area contributed by atoms with Gasteiger partial charge in [-0.15, -0.1) is 0 Å². The molecule has 7 nitrogen and oxygen atoms in total. The van der Waals surface area contributed by atoms with E-state index in [0.29, 0.717) is 12.0 Å². The fourth-order valence-electron chi connectivity index (χ4n) is 2.47. The van der Waals surface area contributed by atoms with Gasteiger partial charge in [0, 0.05) is 18.6 Å². The molecule has 0 heterocycles. The number of hydrogen-bond donors (Lipinski definition) is 1. The zero-order valence-electron chi connectivity index (χ0n) is 14.6. The molecule has 1 amide bonds. The van der Waals surface area contributed by atoms with Gasteiger partial charge in [-0.25, -0.2) is 4.79 Å². The summed E-state index contributed by atoms with van der Waals surface area (Å²) in [5, 5.41) is 10.6. The van der Waals surface area contributed by atoms with E-state index in [1.807, 2.05) is 6.92 Å². The molecule has 1 aromatic rings. The summed E-state index contributed by atoms with van der Waals surface area (Å²) in [5.74, 6) is -0.711. The van der Waals surface area contributed by atoms with Crippen molar-refractivity contribution in [2.45, 2.75) is 64.4 Å². The number of esters is 1. The molecular weight excluding hydrogens is 324 g/mol. The Morgan fingerprint density at radius 1 is 1.08 bits per heavy atom. The van der Waals surface area contributed by atoms with E-state index in [1.54, 1.807) is 0 Å². The molecule has 0 saturated carbocycles. The maximum Gasteiger partial charge on any atom is 0.338 e. The summed E-state index contributed by atoms with van der Waals surface area (Å²) < 4.78 is 5.35. The summed E-state index contributed by atoms with van der Waals surface area (Å²) in [6.45, 7) is 1.84. The predicted octanol–water partition coefficient (Wildman–Crippen LogP) is 3.75. The number of nitrogens with zero attached hydrogens (tertiary/aromatic N) is 1. The fourth-order valence-corrected chi connectivity index (χ4v) is 2.47. The number of carbonyl (C=O) groups excluding carboxylic acids is 2. The van der Waals surface area contributed by atoms with Crippen molar-refractivity contribution in [2.75, 3.05) is 0 Å². The zero-order valence-corrected chi connectivity index (χ0v) is 14.6. The van der Waals surface area contributed by atoms with Gasteiger partial charge in [0.25, 0.3) is 5.69 Å². The van der Waals surface area contributed by atoms with Crippen LogP contribution in [0.25, 0.3) is 0 Å². The van der Waals surface area contributed by atoms with Gasteiger partial charge in [-0.3, -0.25) is 14.9 Å². The van der Waals surface area contributed by atoms with E-state index in [1.165, 1.54) is 24.3 Å². The van der Waals surface area contributed by atoms with Crippen LogP contribution in [-0.2, 0) is 9.53 Å². The molecule has 0 saturated heterocycles. The summed E-state index contributed by atoms with van der Waals surface area (Å²) in [5.41, 5.74) is 5.34. The molecule has 0 aliphatic carbocycles. The van der Waals surface area contributed by atoms with E-state index in [9.17, 15) is 19.7 Å². The maximum atomic E-state index is 12.0. The van der Waals surface area contributed by atoms with Crippen LogP contribution in [0.3, 0.4) is 0 Å². The molecule has 7 heteroatoms. The number of nitro benzene ring substituents is 1. The Labute approximate surface area is 147 Å². The summed E-state index contributed by atoms with van der Waals surface area (Å²) in [4.78, 5) is 32.6. The third kappa shape index (κ3) is 8.83. The standard InChI is InChI=1S/C18H26N2O5/c1-14(8-6-4-2-3-5-7-9-17(19)21)25-18(22)15-10-12-16(13-11-15)20(23)24/h10-14H,2-9H2,1H3,(H2,19,21). The highest BCUT2D eigenvalue weighted by molar-refractivity contribution is 5.89. The number of primary amides is 1. The Bertz CT molecular complexity index is 571. The van der Waals surface area contributed by atoms with E-state index < -0.39 is 10.9 Å². The highest BCUT2D eigenvalue weighted by Gasteiger charge is 2.13. The van der Waals surface area contributed by atoms with Crippen LogP contribution in [0, 0.1) is 10.1 Å². The van der Waals surface area contributed by atoms with Gasteiger partial charge in [-0.1, -0.05) is 25.7 Å². The molecule has 0 spiro atoms. The number of benzene rings is 1. The molecule has 2 N–H and O–H groups in total. The van der Waals surface area contributed by atoms with Gasteiger partial charge in [-0.05, 0) is 38.3 Å². The minimum Gasteiger partial charge on any atom is -0.459 e. The maximum absolute atomic E-state index is 12.0. The van der Waals surface area contributed by atoms with Gasteiger partial charge in [0.15, 0.2) is 0 Å². The number of nitro groups is 1. The quantitative estimate of drug-likeness (QED) is 0.267. The molecule has 1 rings (SSSR count). The third-order valence-corrected chi connectivity index (χ3v) is 3.91. The Kier molecular flexibility index (Phi) is 9.21. The van der Waals surface area contributed by atoms with Crippen LogP contribution < -0.4 is 5.73 Å². The average molecular weight is 350 g/mol. The second-order valence-electron chi connectivity index (χ2n) is 6.15. The molecule has 25 heavy (non-hydrogen) atoms. The molecule has 0 aromatic heterocycles. The van der Waals surface area contributed by atoms with E-state index in [4.69, 9.17) is 10.5 Å². The minimum atomic E-state index is -0.508. The monoisotopic (exact) mass is 350 g/mol. The molecule has 0 aliphatic rings. The first-order valence-corrected chi connectivity index (χ1v) is 8.64. The van der Waals surface area contributed by atoms with Crippen molar-refractivity contribution in [3.8, 4) is 0 Å². The number of hydrogen-bond acceptors (Lipinski definition) is 5. The first-order valence-electron chi connectivity index (χ1n) is 8.64. The number of unbranched alkanes of at least 4 members (excludes halogenated alkanes) is 5. The first-order chi connectivity index (χ1) is 11.9. The normalized spacial score (nSPS) is 11.7.